The molecule has 1 aromatic rings. The van der Waals surface area contributed by atoms with Gasteiger partial charge in [-0.05, 0) is 26.3 Å². The van der Waals surface area contributed by atoms with Crippen LogP contribution in [0.25, 0.3) is 0 Å². The molecular formula is C13H24ClN3. The highest BCUT2D eigenvalue weighted by Crippen LogP contribution is 2.21. The van der Waals surface area contributed by atoms with E-state index in [0.29, 0.717) is 6.04 Å². The van der Waals surface area contributed by atoms with Crippen molar-refractivity contribution in [2.24, 2.45) is 7.05 Å². The van der Waals surface area contributed by atoms with Crippen LogP contribution in [-0.2, 0) is 13.5 Å². The van der Waals surface area contributed by atoms with Gasteiger partial charge in [0, 0.05) is 19.5 Å². The van der Waals surface area contributed by atoms with Gasteiger partial charge in [-0.25, -0.2) is 0 Å². The summed E-state index contributed by atoms with van der Waals surface area (Å²) >= 11 is 6.28. The van der Waals surface area contributed by atoms with E-state index in [2.05, 4.69) is 24.3 Å². The Kier molecular flexibility index (Phi) is 6.00. The van der Waals surface area contributed by atoms with Gasteiger partial charge < -0.3 is 5.32 Å². The van der Waals surface area contributed by atoms with Crippen LogP contribution in [-0.4, -0.2) is 22.4 Å². The number of aryl methyl sites for hydroxylation is 2. The number of nitrogens with zero attached hydrogens (tertiary/aromatic N) is 2. The maximum Gasteiger partial charge on any atom is 0.0847 e. The van der Waals surface area contributed by atoms with Crippen molar-refractivity contribution in [1.82, 2.24) is 15.1 Å². The normalized spacial score (nSPS) is 13.0. The second kappa shape index (κ2) is 7.02. The van der Waals surface area contributed by atoms with Crippen molar-refractivity contribution in [2.45, 2.75) is 52.5 Å². The van der Waals surface area contributed by atoms with Gasteiger partial charge >= 0.3 is 0 Å². The topological polar surface area (TPSA) is 29.9 Å². The average Bonchev–Trinajstić information content (AvgIpc) is 2.53. The summed E-state index contributed by atoms with van der Waals surface area (Å²) in [7, 11) is 1.97. The van der Waals surface area contributed by atoms with Gasteiger partial charge in [-0.3, -0.25) is 4.68 Å². The lowest BCUT2D eigenvalue weighted by Crippen LogP contribution is -2.32. The zero-order chi connectivity index (χ0) is 12.8. The van der Waals surface area contributed by atoms with Crippen LogP contribution in [0.3, 0.4) is 0 Å². The maximum absolute atomic E-state index is 6.28. The van der Waals surface area contributed by atoms with E-state index in [-0.39, 0.29) is 0 Å². The van der Waals surface area contributed by atoms with E-state index in [0.717, 1.165) is 29.4 Å². The molecule has 0 saturated heterocycles. The van der Waals surface area contributed by atoms with Gasteiger partial charge in [-0.15, -0.1) is 0 Å². The highest BCUT2D eigenvalue weighted by atomic mass is 35.5. The van der Waals surface area contributed by atoms with Gasteiger partial charge in [0.1, 0.15) is 0 Å². The molecule has 0 bridgehead atoms. The van der Waals surface area contributed by atoms with Crippen LogP contribution in [0.4, 0.5) is 0 Å². The molecule has 0 saturated carbocycles. The average molecular weight is 258 g/mol. The third kappa shape index (κ3) is 4.00. The molecular weight excluding hydrogens is 234 g/mol. The quantitative estimate of drug-likeness (QED) is 0.814. The van der Waals surface area contributed by atoms with Gasteiger partial charge in [-0.1, -0.05) is 31.9 Å². The van der Waals surface area contributed by atoms with E-state index < -0.39 is 0 Å². The summed E-state index contributed by atoms with van der Waals surface area (Å²) in [5.74, 6) is 0. The van der Waals surface area contributed by atoms with Crippen LogP contribution in [0.15, 0.2) is 0 Å². The monoisotopic (exact) mass is 257 g/mol. The Bertz CT molecular complexity index is 347. The van der Waals surface area contributed by atoms with Crippen LogP contribution in [0.2, 0.25) is 5.02 Å². The van der Waals surface area contributed by atoms with Crippen LogP contribution < -0.4 is 5.32 Å². The first-order valence-corrected chi connectivity index (χ1v) is 6.89. The van der Waals surface area contributed by atoms with E-state index in [9.17, 15) is 0 Å². The van der Waals surface area contributed by atoms with Crippen molar-refractivity contribution in [3.05, 3.63) is 16.4 Å². The summed E-state index contributed by atoms with van der Waals surface area (Å²) in [6.45, 7) is 7.44. The third-order valence-corrected chi connectivity index (χ3v) is 3.51. The zero-order valence-corrected chi connectivity index (χ0v) is 12.1. The van der Waals surface area contributed by atoms with Gasteiger partial charge in [0.25, 0.3) is 0 Å². The molecule has 0 aliphatic rings. The number of halogens is 1. The van der Waals surface area contributed by atoms with Gasteiger partial charge in [-0.2, -0.15) is 5.10 Å². The molecule has 1 atom stereocenters. The first kappa shape index (κ1) is 14.5. The fourth-order valence-corrected chi connectivity index (χ4v) is 2.35. The summed E-state index contributed by atoms with van der Waals surface area (Å²) in [4.78, 5) is 0. The van der Waals surface area contributed by atoms with Gasteiger partial charge in [0.15, 0.2) is 0 Å². The molecule has 1 unspecified atom stereocenters. The summed E-state index contributed by atoms with van der Waals surface area (Å²) in [6, 6.07) is 0.507. The molecule has 0 aliphatic heterocycles. The van der Waals surface area contributed by atoms with E-state index >= 15 is 0 Å². The van der Waals surface area contributed by atoms with Crippen molar-refractivity contribution < 1.29 is 0 Å². The van der Waals surface area contributed by atoms with Crippen molar-refractivity contribution in [2.75, 3.05) is 6.54 Å². The highest BCUT2D eigenvalue weighted by molar-refractivity contribution is 6.31. The van der Waals surface area contributed by atoms with Crippen molar-refractivity contribution in [3.8, 4) is 0 Å². The van der Waals surface area contributed by atoms with Crippen LogP contribution >= 0.6 is 11.6 Å². The molecule has 0 fully saturated rings. The molecule has 1 rings (SSSR count). The molecule has 1 heterocycles. The number of hydrogen-bond donors (Lipinski definition) is 1. The molecule has 0 aliphatic carbocycles. The minimum atomic E-state index is 0.507. The summed E-state index contributed by atoms with van der Waals surface area (Å²) in [5, 5.41) is 8.77. The number of hydrogen-bond acceptors (Lipinski definition) is 2. The van der Waals surface area contributed by atoms with Gasteiger partial charge in [0.05, 0.1) is 16.4 Å². The molecule has 0 aromatic carbocycles. The Morgan fingerprint density at radius 3 is 2.53 bits per heavy atom. The first-order valence-electron chi connectivity index (χ1n) is 6.51. The Morgan fingerprint density at radius 1 is 1.35 bits per heavy atom. The highest BCUT2D eigenvalue weighted by Gasteiger charge is 2.15. The lowest BCUT2D eigenvalue weighted by atomic mass is 10.1. The Hall–Kier alpha value is -0.540. The largest absolute Gasteiger partial charge is 0.314 e. The van der Waals surface area contributed by atoms with Crippen molar-refractivity contribution >= 4 is 11.6 Å². The first-order chi connectivity index (χ1) is 8.10. The fraction of sp³-hybridized carbons (Fsp3) is 0.769. The molecule has 0 spiro atoms. The van der Waals surface area contributed by atoms with Crippen LogP contribution in [0.1, 0.15) is 44.5 Å². The predicted octanol–water partition coefficient (Wildman–Crippen LogP) is 3.09. The molecule has 1 aromatic heterocycles. The van der Waals surface area contributed by atoms with E-state index in [4.69, 9.17) is 11.6 Å². The lowest BCUT2D eigenvalue weighted by molar-refractivity contribution is 0.461. The lowest BCUT2D eigenvalue weighted by Gasteiger charge is -2.18. The summed E-state index contributed by atoms with van der Waals surface area (Å²) in [5.41, 5.74) is 2.07. The second-order valence-electron chi connectivity index (χ2n) is 4.61. The van der Waals surface area contributed by atoms with Crippen LogP contribution in [0, 0.1) is 6.92 Å². The minimum absolute atomic E-state index is 0.507. The molecule has 3 nitrogen and oxygen atoms in total. The predicted molar refractivity (Wildman–Crippen MR) is 73.6 cm³/mol. The second-order valence-corrected chi connectivity index (χ2v) is 4.99. The fourth-order valence-electron chi connectivity index (χ4n) is 2.11. The smallest absolute Gasteiger partial charge is 0.0847 e. The molecule has 4 heteroatoms. The summed E-state index contributed by atoms with van der Waals surface area (Å²) in [6.07, 6.45) is 4.50. The van der Waals surface area contributed by atoms with E-state index in [1.807, 2.05) is 18.7 Å². The number of nitrogens with one attached hydrogen (secondary N) is 1. The SMILES string of the molecule is CCCNC(CCC)Cc1c(Cl)c(C)nn1C. The summed E-state index contributed by atoms with van der Waals surface area (Å²) < 4.78 is 1.91. The zero-order valence-electron chi connectivity index (χ0n) is 11.4. The molecule has 1 N–H and O–H groups in total. The molecule has 17 heavy (non-hydrogen) atoms. The number of aromatic nitrogens is 2. The standard InChI is InChI=1S/C13H24ClN3/c1-5-7-11(15-8-6-2)9-12-13(14)10(3)16-17(12)4/h11,15H,5-9H2,1-4H3. The molecule has 0 radical (unpaired) electrons. The van der Waals surface area contributed by atoms with Crippen LogP contribution in [0.5, 0.6) is 0 Å². The molecule has 98 valence electrons. The van der Waals surface area contributed by atoms with E-state index in [1.165, 1.54) is 19.3 Å². The van der Waals surface area contributed by atoms with E-state index in [1.54, 1.807) is 0 Å². The number of rotatable bonds is 7. The third-order valence-electron chi connectivity index (χ3n) is 3.02. The molecule has 0 amide bonds. The van der Waals surface area contributed by atoms with Crippen molar-refractivity contribution in [1.29, 1.82) is 0 Å². The Morgan fingerprint density at radius 2 is 2.06 bits per heavy atom. The maximum atomic E-state index is 6.28. The Labute approximate surface area is 110 Å². The minimum Gasteiger partial charge on any atom is -0.314 e. The van der Waals surface area contributed by atoms with Gasteiger partial charge in [0.2, 0.25) is 0 Å². The van der Waals surface area contributed by atoms with Crippen molar-refractivity contribution in [3.63, 3.8) is 0 Å². The Balaban J connectivity index is 2.70.